The van der Waals surface area contributed by atoms with Crippen LogP contribution in [0.2, 0.25) is 0 Å². The standard InChI is InChI=1S/C13H15FN4/c1-8-7-15-9(2)12-13(8)18(17-16-12)11-5-3-10(14)4-6-11/h3-6,8-9,15H,7H2,1-2H3. The Morgan fingerprint density at radius 2 is 2.00 bits per heavy atom. The highest BCUT2D eigenvalue weighted by molar-refractivity contribution is 5.36. The Balaban J connectivity index is 2.11. The number of aromatic nitrogens is 3. The van der Waals surface area contributed by atoms with Crippen molar-refractivity contribution < 1.29 is 4.39 Å². The van der Waals surface area contributed by atoms with E-state index in [-0.39, 0.29) is 11.9 Å². The summed E-state index contributed by atoms with van der Waals surface area (Å²) in [5.74, 6) is 0.104. The summed E-state index contributed by atoms with van der Waals surface area (Å²) < 4.78 is 14.8. The molecule has 0 radical (unpaired) electrons. The van der Waals surface area contributed by atoms with Gasteiger partial charge in [0, 0.05) is 12.5 Å². The van der Waals surface area contributed by atoms with Crippen LogP contribution in [0.3, 0.4) is 0 Å². The fourth-order valence-electron chi connectivity index (χ4n) is 2.39. The third kappa shape index (κ3) is 1.71. The van der Waals surface area contributed by atoms with E-state index >= 15 is 0 Å². The van der Waals surface area contributed by atoms with E-state index in [1.807, 2.05) is 4.68 Å². The topological polar surface area (TPSA) is 42.7 Å². The molecule has 0 saturated heterocycles. The van der Waals surface area contributed by atoms with E-state index in [0.29, 0.717) is 5.92 Å². The number of nitrogens with zero attached hydrogens (tertiary/aromatic N) is 3. The maximum absolute atomic E-state index is 13.0. The molecular formula is C13H15FN4. The second kappa shape index (κ2) is 4.17. The van der Waals surface area contributed by atoms with Gasteiger partial charge in [-0.3, -0.25) is 0 Å². The minimum Gasteiger partial charge on any atom is -0.308 e. The van der Waals surface area contributed by atoms with Crippen LogP contribution in [0.1, 0.15) is 37.2 Å². The summed E-state index contributed by atoms with van der Waals surface area (Å²) in [5, 5.41) is 11.8. The molecule has 0 aliphatic carbocycles. The molecule has 2 unspecified atom stereocenters. The first kappa shape index (κ1) is 11.3. The summed E-state index contributed by atoms with van der Waals surface area (Å²) in [4.78, 5) is 0. The lowest BCUT2D eigenvalue weighted by molar-refractivity contribution is 0.477. The Morgan fingerprint density at radius 3 is 2.72 bits per heavy atom. The van der Waals surface area contributed by atoms with Crippen molar-refractivity contribution in [2.24, 2.45) is 0 Å². The molecule has 1 N–H and O–H groups in total. The molecule has 1 aromatic carbocycles. The lowest BCUT2D eigenvalue weighted by atomic mass is 9.97. The Morgan fingerprint density at radius 1 is 1.28 bits per heavy atom. The van der Waals surface area contributed by atoms with Crippen molar-refractivity contribution in [3.05, 3.63) is 41.5 Å². The van der Waals surface area contributed by atoms with Gasteiger partial charge < -0.3 is 5.32 Å². The summed E-state index contributed by atoms with van der Waals surface area (Å²) in [7, 11) is 0. The highest BCUT2D eigenvalue weighted by Crippen LogP contribution is 2.29. The molecule has 1 aliphatic rings. The second-order valence-electron chi connectivity index (χ2n) is 4.78. The number of fused-ring (bicyclic) bond motifs is 1. The van der Waals surface area contributed by atoms with Crippen LogP contribution in [-0.4, -0.2) is 21.5 Å². The van der Waals surface area contributed by atoms with E-state index in [2.05, 4.69) is 29.5 Å². The molecule has 18 heavy (non-hydrogen) atoms. The van der Waals surface area contributed by atoms with E-state index in [1.54, 1.807) is 12.1 Å². The first-order valence-corrected chi connectivity index (χ1v) is 6.11. The summed E-state index contributed by atoms with van der Waals surface area (Å²) >= 11 is 0. The van der Waals surface area contributed by atoms with Crippen LogP contribution < -0.4 is 5.32 Å². The zero-order chi connectivity index (χ0) is 12.7. The lowest BCUT2D eigenvalue weighted by Crippen LogP contribution is -2.31. The van der Waals surface area contributed by atoms with Gasteiger partial charge in [-0.25, -0.2) is 9.07 Å². The van der Waals surface area contributed by atoms with Crippen LogP contribution in [0.25, 0.3) is 5.69 Å². The summed E-state index contributed by atoms with van der Waals surface area (Å²) in [5.41, 5.74) is 2.96. The van der Waals surface area contributed by atoms with Gasteiger partial charge in [0.1, 0.15) is 11.5 Å². The quantitative estimate of drug-likeness (QED) is 0.838. The van der Waals surface area contributed by atoms with Gasteiger partial charge in [-0.2, -0.15) is 0 Å². The monoisotopic (exact) mass is 246 g/mol. The molecule has 4 nitrogen and oxygen atoms in total. The predicted octanol–water partition coefficient (Wildman–Crippen LogP) is 2.17. The van der Waals surface area contributed by atoms with Gasteiger partial charge in [-0.1, -0.05) is 12.1 Å². The van der Waals surface area contributed by atoms with Crippen molar-refractivity contribution in [3.63, 3.8) is 0 Å². The van der Waals surface area contributed by atoms with E-state index in [4.69, 9.17) is 0 Å². The Labute approximate surface area is 105 Å². The zero-order valence-electron chi connectivity index (χ0n) is 10.4. The van der Waals surface area contributed by atoms with Crippen molar-refractivity contribution in [2.75, 3.05) is 6.54 Å². The van der Waals surface area contributed by atoms with Gasteiger partial charge in [0.25, 0.3) is 0 Å². The van der Waals surface area contributed by atoms with Crippen molar-refractivity contribution in [1.29, 1.82) is 0 Å². The Kier molecular flexibility index (Phi) is 2.63. The molecule has 0 saturated carbocycles. The molecule has 2 aromatic rings. The molecule has 3 rings (SSSR count). The molecule has 2 atom stereocenters. The minimum absolute atomic E-state index is 0.213. The average molecular weight is 246 g/mol. The maximum Gasteiger partial charge on any atom is 0.123 e. The largest absolute Gasteiger partial charge is 0.308 e. The van der Waals surface area contributed by atoms with Crippen molar-refractivity contribution in [1.82, 2.24) is 20.3 Å². The number of hydrogen-bond donors (Lipinski definition) is 1. The molecule has 1 aliphatic heterocycles. The number of hydrogen-bond acceptors (Lipinski definition) is 3. The highest BCUT2D eigenvalue weighted by Gasteiger charge is 2.28. The number of benzene rings is 1. The average Bonchev–Trinajstić information content (AvgIpc) is 2.81. The fourth-order valence-corrected chi connectivity index (χ4v) is 2.39. The predicted molar refractivity (Wildman–Crippen MR) is 66.1 cm³/mol. The van der Waals surface area contributed by atoms with Crippen molar-refractivity contribution >= 4 is 0 Å². The van der Waals surface area contributed by atoms with E-state index in [1.165, 1.54) is 12.1 Å². The molecule has 0 bridgehead atoms. The van der Waals surface area contributed by atoms with Crippen LogP contribution in [0.4, 0.5) is 4.39 Å². The third-order valence-corrected chi connectivity index (χ3v) is 3.41. The normalized spacial score (nSPS) is 22.8. The molecule has 1 aromatic heterocycles. The minimum atomic E-state index is -0.240. The molecule has 0 amide bonds. The van der Waals surface area contributed by atoms with Gasteiger partial charge in [-0.15, -0.1) is 5.10 Å². The van der Waals surface area contributed by atoms with Crippen LogP contribution in [0, 0.1) is 5.82 Å². The third-order valence-electron chi connectivity index (χ3n) is 3.41. The lowest BCUT2D eigenvalue weighted by Gasteiger charge is -2.25. The van der Waals surface area contributed by atoms with Gasteiger partial charge in [0.2, 0.25) is 0 Å². The van der Waals surface area contributed by atoms with Crippen LogP contribution >= 0.6 is 0 Å². The SMILES string of the molecule is CC1CNC(C)c2nnn(-c3ccc(F)cc3)c21. The summed E-state index contributed by atoms with van der Waals surface area (Å²) in [6, 6.07) is 6.55. The van der Waals surface area contributed by atoms with Gasteiger partial charge in [-0.05, 0) is 31.2 Å². The molecule has 2 heterocycles. The van der Waals surface area contributed by atoms with E-state index in [0.717, 1.165) is 23.6 Å². The maximum atomic E-state index is 13.0. The van der Waals surface area contributed by atoms with Gasteiger partial charge >= 0.3 is 0 Å². The first-order valence-electron chi connectivity index (χ1n) is 6.11. The molecular weight excluding hydrogens is 231 g/mol. The van der Waals surface area contributed by atoms with E-state index in [9.17, 15) is 4.39 Å². The number of halogens is 1. The summed E-state index contributed by atoms with van der Waals surface area (Å²) in [6.45, 7) is 5.12. The molecule has 5 heteroatoms. The second-order valence-corrected chi connectivity index (χ2v) is 4.78. The van der Waals surface area contributed by atoms with Crippen molar-refractivity contribution in [3.8, 4) is 5.69 Å². The first-order chi connectivity index (χ1) is 8.66. The fraction of sp³-hybridized carbons (Fsp3) is 0.385. The highest BCUT2D eigenvalue weighted by atomic mass is 19.1. The number of nitrogens with one attached hydrogen (secondary N) is 1. The summed E-state index contributed by atoms with van der Waals surface area (Å²) in [6.07, 6.45) is 0. The molecule has 0 fully saturated rings. The Bertz CT molecular complexity index is 561. The van der Waals surface area contributed by atoms with Gasteiger partial charge in [0.15, 0.2) is 0 Å². The van der Waals surface area contributed by atoms with Crippen LogP contribution in [-0.2, 0) is 0 Å². The molecule has 0 spiro atoms. The van der Waals surface area contributed by atoms with Crippen LogP contribution in [0.15, 0.2) is 24.3 Å². The Hall–Kier alpha value is -1.75. The molecule has 94 valence electrons. The van der Waals surface area contributed by atoms with Crippen molar-refractivity contribution in [2.45, 2.75) is 25.8 Å². The van der Waals surface area contributed by atoms with E-state index < -0.39 is 0 Å². The number of rotatable bonds is 1. The zero-order valence-corrected chi connectivity index (χ0v) is 10.4. The van der Waals surface area contributed by atoms with Crippen LogP contribution in [0.5, 0.6) is 0 Å². The smallest absolute Gasteiger partial charge is 0.123 e. The van der Waals surface area contributed by atoms with Gasteiger partial charge in [0.05, 0.1) is 17.4 Å².